The fourth-order valence-electron chi connectivity index (χ4n) is 1.90. The molecule has 1 aromatic rings. The highest BCUT2D eigenvalue weighted by Gasteiger charge is 2.17. The zero-order valence-corrected chi connectivity index (χ0v) is 10.9. The molecule has 1 fully saturated rings. The molecule has 0 aromatic carbocycles. The minimum atomic E-state index is 0.483. The fourth-order valence-corrected chi connectivity index (χ4v) is 2.99. The number of morpholine rings is 1. The van der Waals surface area contributed by atoms with Gasteiger partial charge in [-0.25, -0.2) is 4.98 Å². The third kappa shape index (κ3) is 2.96. The van der Waals surface area contributed by atoms with Crippen LogP contribution >= 0.6 is 11.3 Å². The molecule has 0 aliphatic carbocycles. The molecule has 0 saturated carbocycles. The van der Waals surface area contributed by atoms with Gasteiger partial charge in [0.2, 0.25) is 0 Å². The summed E-state index contributed by atoms with van der Waals surface area (Å²) in [7, 11) is 0. The Kier molecular flexibility index (Phi) is 4.35. The third-order valence-electron chi connectivity index (χ3n) is 2.77. The van der Waals surface area contributed by atoms with Gasteiger partial charge in [0.15, 0.2) is 5.13 Å². The molecule has 1 aromatic heterocycles. The number of hydrogen-bond acceptors (Lipinski definition) is 5. The van der Waals surface area contributed by atoms with Gasteiger partial charge >= 0.3 is 0 Å². The van der Waals surface area contributed by atoms with Crippen molar-refractivity contribution < 1.29 is 4.74 Å². The lowest BCUT2D eigenvalue weighted by molar-refractivity contribution is 0.122. The summed E-state index contributed by atoms with van der Waals surface area (Å²) < 4.78 is 5.34. The first-order valence-corrected chi connectivity index (χ1v) is 6.85. The highest BCUT2D eigenvalue weighted by atomic mass is 32.1. The molecule has 2 heterocycles. The van der Waals surface area contributed by atoms with Crippen molar-refractivity contribution in [1.29, 1.82) is 5.26 Å². The van der Waals surface area contributed by atoms with Gasteiger partial charge in [-0.3, -0.25) is 0 Å². The van der Waals surface area contributed by atoms with E-state index in [0.717, 1.165) is 54.8 Å². The van der Waals surface area contributed by atoms with Crippen LogP contribution in [-0.4, -0.2) is 31.3 Å². The first kappa shape index (κ1) is 12.3. The Morgan fingerprint density at radius 1 is 1.47 bits per heavy atom. The van der Waals surface area contributed by atoms with Crippen LogP contribution in [0.4, 0.5) is 5.13 Å². The van der Waals surface area contributed by atoms with Crippen molar-refractivity contribution in [2.24, 2.45) is 0 Å². The minimum absolute atomic E-state index is 0.483. The number of hydrogen-bond donors (Lipinski definition) is 0. The van der Waals surface area contributed by atoms with E-state index in [0.29, 0.717) is 6.42 Å². The van der Waals surface area contributed by atoms with Crippen LogP contribution in [0.15, 0.2) is 0 Å². The van der Waals surface area contributed by atoms with Gasteiger partial charge in [-0.05, 0) is 6.42 Å². The van der Waals surface area contributed by atoms with E-state index >= 15 is 0 Å². The topological polar surface area (TPSA) is 49.2 Å². The molecule has 5 heteroatoms. The van der Waals surface area contributed by atoms with Gasteiger partial charge < -0.3 is 9.64 Å². The van der Waals surface area contributed by atoms with Crippen LogP contribution in [0.3, 0.4) is 0 Å². The van der Waals surface area contributed by atoms with E-state index in [1.165, 1.54) is 0 Å². The molecule has 0 bridgehead atoms. The van der Waals surface area contributed by atoms with Gasteiger partial charge in [0, 0.05) is 18.0 Å². The van der Waals surface area contributed by atoms with Crippen molar-refractivity contribution in [3.8, 4) is 6.07 Å². The third-order valence-corrected chi connectivity index (χ3v) is 3.93. The second-order valence-electron chi connectivity index (χ2n) is 4.05. The molecular weight excluding hydrogens is 234 g/mol. The number of ether oxygens (including phenoxy) is 1. The average Bonchev–Trinajstić information content (AvgIpc) is 2.75. The Morgan fingerprint density at radius 2 is 2.24 bits per heavy atom. The highest BCUT2D eigenvalue weighted by Crippen LogP contribution is 2.28. The molecule has 1 aliphatic rings. The molecule has 1 aliphatic heterocycles. The zero-order chi connectivity index (χ0) is 12.1. The second kappa shape index (κ2) is 5.99. The van der Waals surface area contributed by atoms with E-state index in [1.807, 2.05) is 0 Å². The normalized spacial score (nSPS) is 15.9. The minimum Gasteiger partial charge on any atom is -0.378 e. The SMILES string of the molecule is CCCc1nc(N2CCOCC2)sc1CC#N. The summed E-state index contributed by atoms with van der Waals surface area (Å²) in [6, 6.07) is 2.23. The van der Waals surface area contributed by atoms with Crippen LogP contribution < -0.4 is 4.90 Å². The fraction of sp³-hybridized carbons (Fsp3) is 0.667. The van der Waals surface area contributed by atoms with Gasteiger partial charge in [-0.2, -0.15) is 5.26 Å². The van der Waals surface area contributed by atoms with E-state index in [4.69, 9.17) is 10.00 Å². The van der Waals surface area contributed by atoms with E-state index < -0.39 is 0 Å². The number of nitrogens with zero attached hydrogens (tertiary/aromatic N) is 3. The Labute approximate surface area is 106 Å². The summed E-state index contributed by atoms with van der Waals surface area (Å²) >= 11 is 1.67. The van der Waals surface area contributed by atoms with Crippen LogP contribution in [0.5, 0.6) is 0 Å². The van der Waals surface area contributed by atoms with Crippen molar-refractivity contribution in [2.75, 3.05) is 31.2 Å². The molecule has 0 N–H and O–H groups in total. The summed E-state index contributed by atoms with van der Waals surface area (Å²) in [5.41, 5.74) is 1.11. The molecule has 17 heavy (non-hydrogen) atoms. The Balaban J connectivity index is 2.16. The predicted molar refractivity (Wildman–Crippen MR) is 68.5 cm³/mol. The maximum absolute atomic E-state index is 8.83. The number of rotatable bonds is 4. The van der Waals surface area contributed by atoms with E-state index in [9.17, 15) is 0 Å². The van der Waals surface area contributed by atoms with E-state index in [2.05, 4.69) is 22.9 Å². The number of thiazole rings is 1. The van der Waals surface area contributed by atoms with Crippen molar-refractivity contribution in [3.63, 3.8) is 0 Å². The number of nitriles is 1. The lowest BCUT2D eigenvalue weighted by Crippen LogP contribution is -2.36. The molecule has 1 saturated heterocycles. The average molecular weight is 251 g/mol. The summed E-state index contributed by atoms with van der Waals surface area (Å²) in [6.07, 6.45) is 2.53. The molecule has 0 radical (unpaired) electrons. The lowest BCUT2D eigenvalue weighted by Gasteiger charge is -2.26. The van der Waals surface area contributed by atoms with Crippen LogP contribution in [-0.2, 0) is 17.6 Å². The van der Waals surface area contributed by atoms with E-state index in [-0.39, 0.29) is 0 Å². The smallest absolute Gasteiger partial charge is 0.185 e. The Bertz CT molecular complexity index is 404. The summed E-state index contributed by atoms with van der Waals surface area (Å²) in [6.45, 7) is 5.51. The monoisotopic (exact) mass is 251 g/mol. The summed E-state index contributed by atoms with van der Waals surface area (Å²) in [5, 5.41) is 9.88. The van der Waals surface area contributed by atoms with Gasteiger partial charge in [-0.15, -0.1) is 11.3 Å². The van der Waals surface area contributed by atoms with E-state index in [1.54, 1.807) is 11.3 Å². The molecule has 0 amide bonds. The first-order valence-electron chi connectivity index (χ1n) is 6.03. The standard InChI is InChI=1S/C12H17N3OS/c1-2-3-10-11(4-5-13)17-12(14-10)15-6-8-16-9-7-15/h2-4,6-9H2,1H3. The lowest BCUT2D eigenvalue weighted by atomic mass is 10.2. The van der Waals surface area contributed by atoms with Crippen LogP contribution in [0, 0.1) is 11.3 Å². The summed E-state index contributed by atoms with van der Waals surface area (Å²) in [5.74, 6) is 0. The molecule has 4 nitrogen and oxygen atoms in total. The van der Waals surface area contributed by atoms with Crippen LogP contribution in [0.2, 0.25) is 0 Å². The molecule has 0 spiro atoms. The van der Waals surface area contributed by atoms with Crippen molar-refractivity contribution in [1.82, 2.24) is 4.98 Å². The Hall–Kier alpha value is -1.12. The van der Waals surface area contributed by atoms with Gasteiger partial charge in [-0.1, -0.05) is 13.3 Å². The van der Waals surface area contributed by atoms with Gasteiger partial charge in [0.25, 0.3) is 0 Å². The maximum Gasteiger partial charge on any atom is 0.185 e. The van der Waals surface area contributed by atoms with Gasteiger partial charge in [0.1, 0.15) is 0 Å². The molecule has 2 rings (SSSR count). The van der Waals surface area contributed by atoms with Crippen molar-refractivity contribution >= 4 is 16.5 Å². The predicted octanol–water partition coefficient (Wildman–Crippen LogP) is 2.00. The maximum atomic E-state index is 8.83. The molecular formula is C12H17N3OS. The van der Waals surface area contributed by atoms with Crippen molar-refractivity contribution in [3.05, 3.63) is 10.6 Å². The van der Waals surface area contributed by atoms with Crippen LogP contribution in [0.1, 0.15) is 23.9 Å². The highest BCUT2D eigenvalue weighted by molar-refractivity contribution is 7.15. The number of aryl methyl sites for hydroxylation is 1. The second-order valence-corrected chi connectivity index (χ2v) is 5.11. The number of anilines is 1. The quantitative estimate of drug-likeness (QED) is 0.821. The Morgan fingerprint density at radius 3 is 2.88 bits per heavy atom. The number of aromatic nitrogens is 1. The largest absolute Gasteiger partial charge is 0.378 e. The first-order chi connectivity index (χ1) is 8.35. The zero-order valence-electron chi connectivity index (χ0n) is 10.1. The van der Waals surface area contributed by atoms with Gasteiger partial charge in [0.05, 0.1) is 31.4 Å². The van der Waals surface area contributed by atoms with Crippen molar-refractivity contribution in [2.45, 2.75) is 26.2 Å². The van der Waals surface area contributed by atoms with Crippen LogP contribution in [0.25, 0.3) is 0 Å². The molecule has 92 valence electrons. The molecule has 0 atom stereocenters. The summed E-state index contributed by atoms with van der Waals surface area (Å²) in [4.78, 5) is 8.07. The molecule has 0 unspecified atom stereocenters.